The highest BCUT2D eigenvalue weighted by Crippen LogP contribution is 2.51. The molecular weight excluding hydrogens is 458 g/mol. The molecule has 0 aliphatic rings. The Bertz CT molecular complexity index is 1010. The summed E-state index contributed by atoms with van der Waals surface area (Å²) in [5.74, 6) is -8.11. The van der Waals surface area contributed by atoms with Crippen LogP contribution in [0.2, 0.25) is 0 Å². The zero-order valence-corrected chi connectivity index (χ0v) is 16.4. The molecule has 7 nitrogen and oxygen atoms in total. The summed E-state index contributed by atoms with van der Waals surface area (Å²) in [5, 5.41) is -13.7. The van der Waals surface area contributed by atoms with Crippen molar-refractivity contribution in [3.8, 4) is 5.75 Å². The quantitative estimate of drug-likeness (QED) is 0.280. The molecule has 0 amide bonds. The van der Waals surface area contributed by atoms with Gasteiger partial charge in [-0.1, -0.05) is 20.8 Å². The normalized spacial score (nSPS) is 14.6. The van der Waals surface area contributed by atoms with Crippen molar-refractivity contribution in [2.75, 3.05) is 0 Å². The van der Waals surface area contributed by atoms with Gasteiger partial charge in [-0.25, -0.2) is 0 Å². The second kappa shape index (κ2) is 7.12. The molecule has 0 spiro atoms. The number of hydrogen-bond donors (Lipinski definition) is 1. The predicted molar refractivity (Wildman–Crippen MR) is 86.5 cm³/mol. The van der Waals surface area contributed by atoms with Gasteiger partial charge in [-0.2, -0.15) is 43.2 Å². The van der Waals surface area contributed by atoms with Crippen LogP contribution >= 0.6 is 0 Å². The summed E-state index contributed by atoms with van der Waals surface area (Å²) in [7, 11) is -14.1. The summed E-state index contributed by atoms with van der Waals surface area (Å²) in [6.45, 7) is 4.20. The van der Waals surface area contributed by atoms with Gasteiger partial charge in [0.15, 0.2) is 0 Å². The molecule has 0 aromatic heterocycles. The Morgan fingerprint density at radius 2 is 1.41 bits per heavy atom. The van der Waals surface area contributed by atoms with E-state index in [1.807, 2.05) is 0 Å². The highest BCUT2D eigenvalue weighted by Gasteiger charge is 2.83. The largest absolute Gasteiger partial charge is 0.450 e. The van der Waals surface area contributed by atoms with Crippen molar-refractivity contribution in [2.45, 2.75) is 42.6 Å². The molecule has 1 aromatic rings. The molecule has 29 heavy (non-hydrogen) atoms. The SMILES string of the molecule is CC(C)(C)c1cc(C=O)ccc1OS(=O)(=O)C(F)(F)C(F)(F)C(F)(F)S(=O)(=O)O. The fourth-order valence-corrected chi connectivity index (χ4v) is 3.38. The van der Waals surface area contributed by atoms with Crippen LogP contribution in [-0.2, 0) is 25.7 Å². The predicted octanol–water partition coefficient (Wildman–Crippen LogP) is 3.21. The van der Waals surface area contributed by atoms with Crippen molar-refractivity contribution < 1.29 is 56.7 Å². The van der Waals surface area contributed by atoms with Crippen molar-refractivity contribution in [3.63, 3.8) is 0 Å². The Kier molecular flexibility index (Phi) is 6.18. The monoisotopic (exact) mass is 472 g/mol. The summed E-state index contributed by atoms with van der Waals surface area (Å²) in [6, 6.07) is 2.51. The molecule has 0 unspecified atom stereocenters. The van der Waals surface area contributed by atoms with E-state index in [-0.39, 0.29) is 11.1 Å². The lowest BCUT2D eigenvalue weighted by molar-refractivity contribution is -0.247. The average molecular weight is 472 g/mol. The molecule has 15 heteroatoms. The average Bonchev–Trinajstić information content (AvgIpc) is 2.52. The van der Waals surface area contributed by atoms with Gasteiger partial charge in [0.2, 0.25) is 0 Å². The molecule has 0 aliphatic carbocycles. The van der Waals surface area contributed by atoms with Crippen LogP contribution in [0.5, 0.6) is 5.75 Å². The van der Waals surface area contributed by atoms with Gasteiger partial charge in [-0.05, 0) is 23.6 Å². The van der Waals surface area contributed by atoms with Gasteiger partial charge in [0.25, 0.3) is 0 Å². The Morgan fingerprint density at radius 1 is 0.931 bits per heavy atom. The fraction of sp³-hybridized carbons (Fsp3) is 0.500. The number of carbonyl (C=O) groups excluding carboxylic acids is 1. The molecule has 0 saturated heterocycles. The fourth-order valence-electron chi connectivity index (χ4n) is 1.94. The lowest BCUT2D eigenvalue weighted by Crippen LogP contribution is -2.61. The Balaban J connectivity index is 3.60. The molecule has 0 heterocycles. The topological polar surface area (TPSA) is 115 Å². The van der Waals surface area contributed by atoms with Crippen LogP contribution in [0, 0.1) is 0 Å². The maximum absolute atomic E-state index is 13.9. The van der Waals surface area contributed by atoms with Crippen LogP contribution in [0.25, 0.3) is 0 Å². The Hall–Kier alpha value is -1.87. The first-order valence-corrected chi connectivity index (χ1v) is 10.1. The van der Waals surface area contributed by atoms with E-state index in [4.69, 9.17) is 4.55 Å². The Morgan fingerprint density at radius 3 is 1.79 bits per heavy atom. The zero-order valence-electron chi connectivity index (χ0n) is 14.8. The van der Waals surface area contributed by atoms with Gasteiger partial charge < -0.3 is 4.18 Å². The highest BCUT2D eigenvalue weighted by atomic mass is 32.2. The van der Waals surface area contributed by atoms with E-state index >= 15 is 0 Å². The molecule has 166 valence electrons. The van der Waals surface area contributed by atoms with Crippen molar-refractivity contribution in [3.05, 3.63) is 29.3 Å². The second-order valence-electron chi connectivity index (χ2n) is 6.74. The third-order valence-electron chi connectivity index (χ3n) is 3.52. The summed E-state index contributed by atoms with van der Waals surface area (Å²) in [5.41, 5.74) is -1.42. The molecule has 0 bridgehead atoms. The third kappa shape index (κ3) is 4.21. The van der Waals surface area contributed by atoms with E-state index in [9.17, 15) is 48.0 Å². The van der Waals surface area contributed by atoms with E-state index in [0.29, 0.717) is 12.4 Å². The van der Waals surface area contributed by atoms with E-state index in [1.54, 1.807) is 0 Å². The first kappa shape index (κ1) is 25.2. The summed E-state index contributed by atoms with van der Waals surface area (Å²) in [4.78, 5) is 10.8. The number of aldehydes is 1. The zero-order chi connectivity index (χ0) is 23.3. The minimum Gasteiger partial charge on any atom is -0.378 e. The number of hydrogen-bond acceptors (Lipinski definition) is 6. The number of rotatable bonds is 7. The van der Waals surface area contributed by atoms with Crippen LogP contribution < -0.4 is 4.18 Å². The molecule has 0 aliphatic heterocycles. The van der Waals surface area contributed by atoms with Gasteiger partial charge in [-0.3, -0.25) is 9.35 Å². The first-order valence-electron chi connectivity index (χ1n) is 7.27. The number of benzene rings is 1. The summed E-state index contributed by atoms with van der Waals surface area (Å²) < 4.78 is 138. The van der Waals surface area contributed by atoms with Crippen LogP contribution in [0.1, 0.15) is 36.7 Å². The van der Waals surface area contributed by atoms with Crippen molar-refractivity contribution in [1.82, 2.24) is 0 Å². The van der Waals surface area contributed by atoms with Crippen molar-refractivity contribution >= 4 is 26.5 Å². The van der Waals surface area contributed by atoms with E-state index in [0.717, 1.165) is 12.1 Å². The minimum absolute atomic E-state index is 0.0744. The first-order chi connectivity index (χ1) is 12.6. The van der Waals surface area contributed by atoms with Gasteiger partial charge in [0.05, 0.1) is 0 Å². The van der Waals surface area contributed by atoms with E-state index in [1.165, 1.54) is 20.8 Å². The maximum Gasteiger partial charge on any atom is 0.450 e. The molecule has 0 saturated carbocycles. The van der Waals surface area contributed by atoms with Crippen molar-refractivity contribution in [1.29, 1.82) is 0 Å². The standard InChI is InChI=1S/C14H14F6O7S2/c1-11(2,3)9-6-8(7-21)4-5-10(9)27-29(25,26)14(19,20)12(15,16)13(17,18)28(22,23)24/h4-7H,1-3H3,(H,22,23,24). The van der Waals surface area contributed by atoms with Crippen LogP contribution in [0.4, 0.5) is 26.3 Å². The van der Waals surface area contributed by atoms with Gasteiger partial charge >= 0.3 is 36.7 Å². The lowest BCUT2D eigenvalue weighted by Gasteiger charge is -2.30. The smallest absolute Gasteiger partial charge is 0.378 e. The highest BCUT2D eigenvalue weighted by molar-refractivity contribution is 7.88. The summed E-state index contributed by atoms with van der Waals surface area (Å²) >= 11 is 0. The van der Waals surface area contributed by atoms with Crippen LogP contribution in [0.15, 0.2) is 18.2 Å². The number of alkyl halides is 6. The minimum atomic E-state index is -7.14. The molecule has 1 aromatic carbocycles. The number of carbonyl (C=O) groups is 1. The molecule has 1 rings (SSSR count). The van der Waals surface area contributed by atoms with Crippen LogP contribution in [0.3, 0.4) is 0 Å². The van der Waals surface area contributed by atoms with Gasteiger partial charge in [0, 0.05) is 11.1 Å². The maximum atomic E-state index is 13.9. The van der Waals surface area contributed by atoms with E-state index in [2.05, 4.69) is 4.18 Å². The molecule has 0 radical (unpaired) electrons. The van der Waals surface area contributed by atoms with E-state index < -0.39 is 47.8 Å². The molecule has 0 fully saturated rings. The summed E-state index contributed by atoms with van der Waals surface area (Å²) in [6.07, 6.45) is 0.295. The molecule has 1 N–H and O–H groups in total. The second-order valence-corrected chi connectivity index (χ2v) is 9.79. The lowest BCUT2D eigenvalue weighted by atomic mass is 9.85. The third-order valence-corrected chi connectivity index (χ3v) is 5.70. The van der Waals surface area contributed by atoms with Gasteiger partial charge in [-0.15, -0.1) is 0 Å². The van der Waals surface area contributed by atoms with Crippen LogP contribution in [-0.4, -0.2) is 44.1 Å². The van der Waals surface area contributed by atoms with Crippen molar-refractivity contribution in [2.24, 2.45) is 0 Å². The molecule has 0 atom stereocenters. The molecular formula is C14H14F6O7S2. The number of halogens is 6. The Labute approximate surface area is 161 Å². The van der Waals surface area contributed by atoms with Gasteiger partial charge in [0.1, 0.15) is 12.0 Å².